The van der Waals surface area contributed by atoms with Crippen molar-refractivity contribution in [1.29, 1.82) is 5.26 Å². The fraction of sp³-hybridized carbons (Fsp3) is 0.469. The molecule has 1 aromatic heterocycles. The summed E-state index contributed by atoms with van der Waals surface area (Å²) in [6.45, 7) is 14.5. The maximum absolute atomic E-state index is 15.8. The van der Waals surface area contributed by atoms with E-state index >= 15 is 4.39 Å². The number of pyridine rings is 1. The summed E-state index contributed by atoms with van der Waals surface area (Å²) in [6.07, 6.45) is 2.13. The maximum Gasteiger partial charge on any atom is 0.255 e. The van der Waals surface area contributed by atoms with Gasteiger partial charge in [-0.2, -0.15) is 5.26 Å². The monoisotopic (exact) mass is 870 g/mol. The number of rotatable bonds is 9. The first-order valence-electron chi connectivity index (χ1n) is 22.3. The van der Waals surface area contributed by atoms with E-state index < -0.39 is 28.6 Å². The smallest absolute Gasteiger partial charge is 0.255 e. The van der Waals surface area contributed by atoms with E-state index in [4.69, 9.17) is 4.74 Å². The highest BCUT2D eigenvalue weighted by atomic mass is 19.1. The Labute approximate surface area is 371 Å². The predicted molar refractivity (Wildman–Crippen MR) is 240 cm³/mol. The van der Waals surface area contributed by atoms with E-state index in [1.54, 1.807) is 42.3 Å². The number of hydrogen-bond donors (Lipinski definition) is 2. The Hall–Kier alpha value is -6.27. The summed E-state index contributed by atoms with van der Waals surface area (Å²) >= 11 is 0. The van der Waals surface area contributed by atoms with Crippen molar-refractivity contribution in [3.05, 3.63) is 99.1 Å². The van der Waals surface area contributed by atoms with E-state index in [9.17, 15) is 29.2 Å². The summed E-state index contributed by atoms with van der Waals surface area (Å²) in [7, 11) is 1.63. The minimum atomic E-state index is -0.627. The number of anilines is 2. The molecular weight excluding hydrogens is 816 g/mol. The number of hydrogen-bond acceptors (Lipinski definition) is 10. The number of aromatic nitrogens is 1. The fourth-order valence-corrected chi connectivity index (χ4v) is 11.4. The summed E-state index contributed by atoms with van der Waals surface area (Å²) in [4.78, 5) is 71.9. The van der Waals surface area contributed by atoms with E-state index in [1.807, 2.05) is 39.8 Å². The molecule has 3 aromatic carbocycles. The molecule has 1 aliphatic carbocycles. The Balaban J connectivity index is 0.754. The minimum Gasteiger partial charge on any atom is -0.488 e. The van der Waals surface area contributed by atoms with Gasteiger partial charge in [-0.05, 0) is 85.3 Å². The molecule has 0 bridgehead atoms. The first-order valence-corrected chi connectivity index (χ1v) is 22.3. The normalized spacial score (nSPS) is 23.4. The van der Waals surface area contributed by atoms with E-state index in [0.29, 0.717) is 52.4 Å². The van der Waals surface area contributed by atoms with Crippen LogP contribution >= 0.6 is 0 Å². The van der Waals surface area contributed by atoms with Crippen LogP contribution in [0, 0.1) is 33.9 Å². The van der Waals surface area contributed by atoms with E-state index in [-0.39, 0.29) is 47.4 Å². The molecule has 4 aromatic rings. The van der Waals surface area contributed by atoms with Crippen LogP contribution in [0.2, 0.25) is 0 Å². The van der Waals surface area contributed by atoms with Gasteiger partial charge in [0.2, 0.25) is 11.8 Å². The van der Waals surface area contributed by atoms with E-state index in [1.165, 1.54) is 16.7 Å². The van der Waals surface area contributed by atoms with Crippen LogP contribution in [0.1, 0.15) is 85.2 Å². The SMILES string of the molecule is Cn1c(=O)ccc2c(OC3C(C)(C)C(NC(=O)c4ccc(N5CCC(CN6CCN(c7ccc8c(c7)CN([C@H]7CCC(=O)NC7=O)C8=O)CC6)CC5)c(F)c4)C3(C)C)ccc(C#N)c21. The molecule has 9 rings (SSSR count). The Kier molecular flexibility index (Phi) is 11.0. The molecule has 0 spiro atoms. The number of nitrogens with zero attached hydrogens (tertiary/aromatic N) is 6. The summed E-state index contributed by atoms with van der Waals surface area (Å²) in [5.41, 5.74) is 3.00. The van der Waals surface area contributed by atoms with Gasteiger partial charge >= 0.3 is 0 Å². The van der Waals surface area contributed by atoms with Crippen molar-refractivity contribution >= 4 is 45.9 Å². The molecule has 15 heteroatoms. The zero-order valence-electron chi connectivity index (χ0n) is 37.1. The van der Waals surface area contributed by atoms with Crippen LogP contribution in [0.4, 0.5) is 15.8 Å². The Morgan fingerprint density at radius 3 is 2.31 bits per heavy atom. The molecule has 1 atom stereocenters. The molecule has 5 heterocycles. The number of amides is 4. The van der Waals surface area contributed by atoms with Gasteiger partial charge in [0.05, 0.1) is 16.8 Å². The van der Waals surface area contributed by atoms with E-state index in [0.717, 1.165) is 69.9 Å². The molecule has 14 nitrogen and oxygen atoms in total. The van der Waals surface area contributed by atoms with Crippen molar-refractivity contribution in [2.45, 2.75) is 78.1 Å². The van der Waals surface area contributed by atoms with Crippen LogP contribution in [-0.2, 0) is 23.2 Å². The first-order chi connectivity index (χ1) is 30.5. The fourth-order valence-electron chi connectivity index (χ4n) is 11.4. The molecule has 4 fully saturated rings. The van der Waals surface area contributed by atoms with Gasteiger partial charge in [-0.15, -0.1) is 0 Å². The zero-order valence-corrected chi connectivity index (χ0v) is 37.1. The molecular formula is C49H55FN8O6. The molecule has 2 N–H and O–H groups in total. The second kappa shape index (κ2) is 16.4. The van der Waals surface area contributed by atoms with Gasteiger partial charge in [0.25, 0.3) is 17.4 Å². The number of ether oxygens (including phenoxy) is 1. The van der Waals surface area contributed by atoms with Gasteiger partial charge < -0.3 is 29.3 Å². The molecule has 0 radical (unpaired) electrons. The molecule has 334 valence electrons. The molecule has 4 aliphatic heterocycles. The van der Waals surface area contributed by atoms with E-state index in [2.05, 4.69) is 37.5 Å². The molecule has 3 saturated heterocycles. The van der Waals surface area contributed by atoms with Crippen LogP contribution in [0.3, 0.4) is 0 Å². The first kappa shape index (κ1) is 43.0. The summed E-state index contributed by atoms with van der Waals surface area (Å²) < 4.78 is 23.9. The molecule has 0 unspecified atom stereocenters. The lowest BCUT2D eigenvalue weighted by Gasteiger charge is -2.63. The Bertz CT molecular complexity index is 2660. The average Bonchev–Trinajstić information content (AvgIpc) is 3.60. The van der Waals surface area contributed by atoms with Crippen LogP contribution < -0.4 is 30.7 Å². The number of benzene rings is 3. The third kappa shape index (κ3) is 7.55. The van der Waals surface area contributed by atoms with Gasteiger partial charge in [-0.1, -0.05) is 27.7 Å². The van der Waals surface area contributed by atoms with Gasteiger partial charge in [0.1, 0.15) is 29.8 Å². The van der Waals surface area contributed by atoms with Gasteiger partial charge in [0.15, 0.2) is 0 Å². The highest BCUT2D eigenvalue weighted by molar-refractivity contribution is 6.05. The largest absolute Gasteiger partial charge is 0.488 e. The number of piperazine rings is 1. The number of imide groups is 1. The van der Waals surface area contributed by atoms with Crippen LogP contribution in [0.15, 0.2) is 65.5 Å². The third-order valence-electron chi connectivity index (χ3n) is 14.6. The summed E-state index contributed by atoms with van der Waals surface area (Å²) in [5.74, 6) is -0.590. The Morgan fingerprint density at radius 1 is 0.891 bits per heavy atom. The van der Waals surface area contributed by atoms with Crippen molar-refractivity contribution in [3.8, 4) is 11.8 Å². The lowest BCUT2D eigenvalue weighted by atomic mass is 9.49. The quantitative estimate of drug-likeness (QED) is 0.220. The molecule has 4 amide bonds. The standard InChI is InChI=1S/C49H55FN8O6/c1-48(2)46(49(3,4)47(48)64-39-13-7-31(26-51)42-35(39)10-15-41(60)54(42)5)53-43(61)30-6-11-37(36(50)25-30)57-18-16-29(17-19-57)27-55-20-22-56(23-21-55)33-8-9-34-32(24-33)28-58(45(34)63)38-12-14-40(59)52-44(38)62/h6-11,13,15,24-25,29,38,46-47H,12,14,16-23,27-28H2,1-5H3,(H,53,61)(H,52,59,62)/t38-,46?,47?/m0/s1. The van der Waals surface area contributed by atoms with Crippen molar-refractivity contribution in [2.75, 3.05) is 55.6 Å². The van der Waals surface area contributed by atoms with Crippen LogP contribution in [0.25, 0.3) is 10.9 Å². The van der Waals surface area contributed by atoms with Gasteiger partial charge in [-0.3, -0.25) is 34.2 Å². The topological polar surface area (TPSA) is 160 Å². The molecule has 64 heavy (non-hydrogen) atoms. The molecule has 5 aliphatic rings. The summed E-state index contributed by atoms with van der Waals surface area (Å²) in [5, 5.41) is 15.9. The van der Waals surface area contributed by atoms with Crippen LogP contribution in [-0.4, -0.2) is 102 Å². The number of halogens is 1. The lowest BCUT2D eigenvalue weighted by Crippen LogP contribution is -2.74. The number of nitriles is 1. The lowest BCUT2D eigenvalue weighted by molar-refractivity contribution is -0.163. The van der Waals surface area contributed by atoms with Gasteiger partial charge in [0, 0.05) is 111 Å². The van der Waals surface area contributed by atoms with Crippen molar-refractivity contribution < 1.29 is 28.3 Å². The maximum atomic E-state index is 15.8. The zero-order chi connectivity index (χ0) is 45.2. The number of piperidine rings is 2. The number of carbonyl (C=O) groups excluding carboxylic acids is 4. The van der Waals surface area contributed by atoms with Crippen molar-refractivity contribution in [1.82, 2.24) is 25.0 Å². The second-order valence-corrected chi connectivity index (χ2v) is 19.4. The highest BCUT2D eigenvalue weighted by Crippen LogP contribution is 2.56. The number of aryl methyl sites for hydroxylation is 1. The van der Waals surface area contributed by atoms with Crippen molar-refractivity contribution in [2.24, 2.45) is 23.8 Å². The minimum absolute atomic E-state index is 0.164. The third-order valence-corrected chi connectivity index (χ3v) is 14.6. The highest BCUT2D eigenvalue weighted by Gasteiger charge is 2.64. The predicted octanol–water partition coefficient (Wildman–Crippen LogP) is 4.96. The molecule has 1 saturated carbocycles. The van der Waals surface area contributed by atoms with Gasteiger partial charge in [-0.25, -0.2) is 4.39 Å². The summed E-state index contributed by atoms with van der Waals surface area (Å²) in [6, 6.07) is 18.5. The van der Waals surface area contributed by atoms with Crippen molar-refractivity contribution in [3.63, 3.8) is 0 Å². The number of nitrogens with one attached hydrogen (secondary N) is 2. The Morgan fingerprint density at radius 2 is 1.62 bits per heavy atom. The average molecular weight is 871 g/mol. The second-order valence-electron chi connectivity index (χ2n) is 19.4. The number of carbonyl (C=O) groups is 4. The number of fused-ring (bicyclic) bond motifs is 2. The van der Waals surface area contributed by atoms with Crippen LogP contribution in [0.5, 0.6) is 5.75 Å².